The van der Waals surface area contributed by atoms with Gasteiger partial charge in [-0.15, -0.1) is 0 Å². The quantitative estimate of drug-likeness (QED) is 0.756. The molecule has 2 aromatic rings. The third-order valence-corrected chi connectivity index (χ3v) is 4.75. The number of anilines is 1. The van der Waals surface area contributed by atoms with Crippen LogP contribution < -0.4 is 5.32 Å². The van der Waals surface area contributed by atoms with Crippen LogP contribution in [0.2, 0.25) is 0 Å². The fourth-order valence-corrected chi connectivity index (χ4v) is 3.15. The monoisotopic (exact) mass is 395 g/mol. The van der Waals surface area contributed by atoms with Gasteiger partial charge in [0.15, 0.2) is 5.11 Å². The highest BCUT2D eigenvalue weighted by atomic mass is 32.1. The molecule has 27 heavy (non-hydrogen) atoms. The highest BCUT2D eigenvalue weighted by Gasteiger charge is 2.17. The summed E-state index contributed by atoms with van der Waals surface area (Å²) >= 11 is 5.49. The standard InChI is InChI=1S/C19H23F2N3O2S/c1-14-2-4-16(26-14)13-24(7-6-23-8-10-25-11-9-23)19(27)22-18-5-3-15(20)12-17(18)21/h2-5,12H,6-11,13H2,1H3,(H,22,27). The van der Waals surface area contributed by atoms with E-state index in [1.807, 2.05) is 24.0 Å². The fraction of sp³-hybridized carbons (Fsp3) is 0.421. The molecule has 1 fully saturated rings. The van der Waals surface area contributed by atoms with Crippen LogP contribution in [0.3, 0.4) is 0 Å². The second kappa shape index (κ2) is 9.25. The molecular formula is C19H23F2N3O2S. The van der Waals surface area contributed by atoms with Gasteiger partial charge in [0.05, 0.1) is 25.4 Å². The molecule has 1 aromatic heterocycles. The first-order chi connectivity index (χ1) is 13.0. The van der Waals surface area contributed by atoms with Crippen LogP contribution in [0.25, 0.3) is 0 Å². The van der Waals surface area contributed by atoms with Crippen molar-refractivity contribution < 1.29 is 17.9 Å². The Kier molecular flexibility index (Phi) is 6.76. The molecule has 5 nitrogen and oxygen atoms in total. The summed E-state index contributed by atoms with van der Waals surface area (Å²) in [7, 11) is 0. The summed E-state index contributed by atoms with van der Waals surface area (Å²) in [4.78, 5) is 4.22. The van der Waals surface area contributed by atoms with Crippen LogP contribution in [0.4, 0.5) is 14.5 Å². The lowest BCUT2D eigenvalue weighted by atomic mass is 10.3. The molecule has 8 heteroatoms. The van der Waals surface area contributed by atoms with E-state index in [1.54, 1.807) is 0 Å². The molecule has 0 radical (unpaired) electrons. The van der Waals surface area contributed by atoms with E-state index in [0.29, 0.717) is 18.2 Å². The van der Waals surface area contributed by atoms with Gasteiger partial charge in [0.25, 0.3) is 0 Å². The number of aryl methyl sites for hydroxylation is 1. The molecule has 3 rings (SSSR count). The summed E-state index contributed by atoms with van der Waals surface area (Å²) in [5.41, 5.74) is 0.147. The zero-order valence-electron chi connectivity index (χ0n) is 15.2. The Morgan fingerprint density at radius 3 is 2.67 bits per heavy atom. The Hall–Kier alpha value is -2.03. The van der Waals surface area contributed by atoms with Crippen molar-refractivity contribution >= 4 is 23.0 Å². The molecule has 1 N–H and O–H groups in total. The van der Waals surface area contributed by atoms with Crippen LogP contribution in [0.15, 0.2) is 34.7 Å². The van der Waals surface area contributed by atoms with Gasteiger partial charge in [0.2, 0.25) is 0 Å². The molecule has 1 aliphatic heterocycles. The van der Waals surface area contributed by atoms with Crippen molar-refractivity contribution in [3.63, 3.8) is 0 Å². The maximum atomic E-state index is 14.0. The van der Waals surface area contributed by atoms with Gasteiger partial charge in [-0.25, -0.2) is 8.78 Å². The number of rotatable bonds is 6. The van der Waals surface area contributed by atoms with Crippen LogP contribution in [0.1, 0.15) is 11.5 Å². The molecule has 0 atom stereocenters. The number of morpholine rings is 1. The number of hydrogen-bond donors (Lipinski definition) is 1. The van der Waals surface area contributed by atoms with Gasteiger partial charge in [-0.1, -0.05) is 0 Å². The van der Waals surface area contributed by atoms with E-state index in [9.17, 15) is 8.78 Å². The summed E-state index contributed by atoms with van der Waals surface area (Å²) in [6.07, 6.45) is 0. The SMILES string of the molecule is Cc1ccc(CN(CCN2CCOCC2)C(=S)Nc2ccc(F)cc2F)o1. The number of ether oxygens (including phenoxy) is 1. The Labute approximate surface area is 162 Å². The summed E-state index contributed by atoms with van der Waals surface area (Å²) in [6, 6.07) is 7.17. The van der Waals surface area contributed by atoms with Crippen molar-refractivity contribution in [2.45, 2.75) is 13.5 Å². The average Bonchev–Trinajstić information content (AvgIpc) is 3.06. The number of furan rings is 1. The highest BCUT2D eigenvalue weighted by Crippen LogP contribution is 2.17. The average molecular weight is 395 g/mol. The van der Waals surface area contributed by atoms with E-state index >= 15 is 0 Å². The first-order valence-corrected chi connectivity index (χ1v) is 9.28. The number of nitrogens with one attached hydrogen (secondary N) is 1. The third kappa shape index (κ3) is 5.72. The predicted molar refractivity (Wildman–Crippen MR) is 104 cm³/mol. The molecule has 2 heterocycles. The Bertz CT molecular complexity index is 778. The molecule has 0 unspecified atom stereocenters. The summed E-state index contributed by atoms with van der Waals surface area (Å²) in [5.74, 6) is 0.290. The van der Waals surface area contributed by atoms with Gasteiger partial charge in [0, 0.05) is 32.2 Å². The minimum Gasteiger partial charge on any atom is -0.464 e. The van der Waals surface area contributed by atoms with Crippen molar-refractivity contribution in [1.29, 1.82) is 0 Å². The highest BCUT2D eigenvalue weighted by molar-refractivity contribution is 7.80. The lowest BCUT2D eigenvalue weighted by Crippen LogP contribution is -2.44. The first-order valence-electron chi connectivity index (χ1n) is 8.87. The van der Waals surface area contributed by atoms with Gasteiger partial charge in [0.1, 0.15) is 23.2 Å². The zero-order valence-corrected chi connectivity index (χ0v) is 16.0. The fourth-order valence-electron chi connectivity index (χ4n) is 2.88. The molecule has 1 aromatic carbocycles. The second-order valence-electron chi connectivity index (χ2n) is 6.44. The lowest BCUT2D eigenvalue weighted by Gasteiger charge is -2.31. The van der Waals surface area contributed by atoms with E-state index in [-0.39, 0.29) is 5.69 Å². The Morgan fingerprint density at radius 2 is 2.00 bits per heavy atom. The maximum Gasteiger partial charge on any atom is 0.173 e. The number of thiocarbonyl (C=S) groups is 1. The van der Waals surface area contributed by atoms with Gasteiger partial charge >= 0.3 is 0 Å². The summed E-state index contributed by atoms with van der Waals surface area (Å²) in [5, 5.41) is 3.25. The van der Waals surface area contributed by atoms with Crippen LogP contribution >= 0.6 is 12.2 Å². The number of benzene rings is 1. The molecule has 0 amide bonds. The maximum absolute atomic E-state index is 14.0. The topological polar surface area (TPSA) is 40.9 Å². The van der Waals surface area contributed by atoms with E-state index in [0.717, 1.165) is 50.4 Å². The van der Waals surface area contributed by atoms with Crippen LogP contribution in [-0.4, -0.2) is 54.3 Å². The Morgan fingerprint density at radius 1 is 1.22 bits per heavy atom. The van der Waals surface area contributed by atoms with Crippen LogP contribution in [0, 0.1) is 18.6 Å². The molecule has 0 saturated carbocycles. The van der Waals surface area contributed by atoms with Crippen molar-refractivity contribution in [1.82, 2.24) is 9.80 Å². The van der Waals surface area contributed by atoms with Gasteiger partial charge in [-0.3, -0.25) is 4.90 Å². The molecule has 0 bridgehead atoms. The van der Waals surface area contributed by atoms with Crippen LogP contribution in [0.5, 0.6) is 0 Å². The van der Waals surface area contributed by atoms with E-state index < -0.39 is 11.6 Å². The van der Waals surface area contributed by atoms with Crippen molar-refractivity contribution in [2.24, 2.45) is 0 Å². The predicted octanol–water partition coefficient (Wildman–Crippen LogP) is 3.40. The van der Waals surface area contributed by atoms with Crippen molar-refractivity contribution in [3.8, 4) is 0 Å². The zero-order chi connectivity index (χ0) is 19.2. The minimum atomic E-state index is -0.681. The molecule has 0 aliphatic carbocycles. The van der Waals surface area contributed by atoms with Gasteiger partial charge in [-0.2, -0.15) is 0 Å². The lowest BCUT2D eigenvalue weighted by molar-refractivity contribution is 0.0356. The smallest absolute Gasteiger partial charge is 0.173 e. The van der Waals surface area contributed by atoms with E-state index in [1.165, 1.54) is 12.1 Å². The molecule has 1 aliphatic rings. The van der Waals surface area contributed by atoms with Gasteiger partial charge < -0.3 is 19.4 Å². The molecular weight excluding hydrogens is 372 g/mol. The second-order valence-corrected chi connectivity index (χ2v) is 6.83. The van der Waals surface area contributed by atoms with Gasteiger partial charge in [-0.05, 0) is 43.4 Å². The van der Waals surface area contributed by atoms with Crippen LogP contribution in [-0.2, 0) is 11.3 Å². The van der Waals surface area contributed by atoms with E-state index in [2.05, 4.69) is 10.2 Å². The third-order valence-electron chi connectivity index (χ3n) is 4.39. The normalized spacial score (nSPS) is 14.9. The summed E-state index contributed by atoms with van der Waals surface area (Å²) < 4.78 is 38.1. The van der Waals surface area contributed by atoms with Crippen molar-refractivity contribution in [2.75, 3.05) is 44.7 Å². The van der Waals surface area contributed by atoms with Crippen molar-refractivity contribution in [3.05, 3.63) is 53.5 Å². The summed E-state index contributed by atoms with van der Waals surface area (Å²) in [6.45, 7) is 6.99. The number of hydrogen-bond acceptors (Lipinski definition) is 4. The van der Waals surface area contributed by atoms with E-state index in [4.69, 9.17) is 21.4 Å². The molecule has 0 spiro atoms. The molecule has 146 valence electrons. The first kappa shape index (κ1) is 19.7. The Balaban J connectivity index is 1.67. The number of nitrogens with zero attached hydrogens (tertiary/aromatic N) is 2. The molecule has 1 saturated heterocycles. The largest absolute Gasteiger partial charge is 0.464 e. The minimum absolute atomic E-state index is 0.147. The number of halogens is 2.